The summed E-state index contributed by atoms with van der Waals surface area (Å²) in [5.74, 6) is -0.817. The molecule has 126 valence electrons. The molecule has 0 bridgehead atoms. The van der Waals surface area contributed by atoms with E-state index in [0.29, 0.717) is 17.9 Å². The third kappa shape index (κ3) is 3.01. The van der Waals surface area contributed by atoms with Crippen LogP contribution >= 0.6 is 0 Å². The van der Waals surface area contributed by atoms with Crippen LogP contribution in [0.4, 0.5) is 0 Å². The average molecular weight is 340 g/mol. The van der Waals surface area contributed by atoms with Gasteiger partial charge in [0.15, 0.2) is 11.7 Å². The largest absolute Gasteiger partial charge is 0.349 e. The lowest BCUT2D eigenvalue weighted by molar-refractivity contribution is 0.0976. The molecule has 2 heterocycles. The molecule has 0 aliphatic rings. The zero-order chi connectivity index (χ0) is 17.9. The van der Waals surface area contributed by atoms with Gasteiger partial charge in [0.25, 0.3) is 0 Å². The van der Waals surface area contributed by atoms with Gasteiger partial charge in [-0.1, -0.05) is 42.5 Å². The highest BCUT2D eigenvalue weighted by atomic mass is 16.1. The predicted molar refractivity (Wildman–Crippen MR) is 98.8 cm³/mol. The molecule has 4 aromatic rings. The summed E-state index contributed by atoms with van der Waals surface area (Å²) in [7, 11) is 0. The maximum Gasteiger partial charge on any atom is 0.189 e. The number of nitriles is 1. The number of fused-ring (bicyclic) bond motifs is 1. The van der Waals surface area contributed by atoms with E-state index in [1.54, 1.807) is 12.3 Å². The van der Waals surface area contributed by atoms with Crippen LogP contribution in [-0.2, 0) is 6.54 Å². The smallest absolute Gasteiger partial charge is 0.189 e. The standard InChI is InChI=1S/C21H16N4O/c22-12-17(21-23-18-8-4-5-9-19(18)24-21)20(26)16-10-11-25(14-16)13-15-6-2-1-3-7-15/h1-11,14,17H,13H2,(H,23,24)/t17-/m0/s1. The average Bonchev–Trinajstić information content (AvgIpc) is 3.30. The Balaban J connectivity index is 1.58. The van der Waals surface area contributed by atoms with Gasteiger partial charge in [-0.3, -0.25) is 4.79 Å². The molecule has 0 fully saturated rings. The second-order valence-corrected chi connectivity index (χ2v) is 6.12. The lowest BCUT2D eigenvalue weighted by Gasteiger charge is -2.04. The van der Waals surface area contributed by atoms with E-state index in [-0.39, 0.29) is 5.78 Å². The number of hydrogen-bond acceptors (Lipinski definition) is 3. The molecule has 26 heavy (non-hydrogen) atoms. The summed E-state index contributed by atoms with van der Waals surface area (Å²) in [6, 6.07) is 21.3. The fraction of sp³-hybridized carbons (Fsp3) is 0.0952. The zero-order valence-corrected chi connectivity index (χ0v) is 14.0. The normalized spacial score (nSPS) is 12.0. The minimum absolute atomic E-state index is 0.252. The van der Waals surface area contributed by atoms with Gasteiger partial charge in [0.1, 0.15) is 5.82 Å². The number of H-pyrrole nitrogens is 1. The van der Waals surface area contributed by atoms with Crippen molar-refractivity contribution in [2.45, 2.75) is 12.5 Å². The molecule has 1 atom stereocenters. The molecular weight excluding hydrogens is 324 g/mol. The predicted octanol–water partition coefficient (Wildman–Crippen LogP) is 3.90. The first kappa shape index (κ1) is 15.9. The van der Waals surface area contributed by atoms with Gasteiger partial charge in [0.2, 0.25) is 0 Å². The molecule has 1 N–H and O–H groups in total. The topological polar surface area (TPSA) is 74.5 Å². The maximum absolute atomic E-state index is 12.8. The third-order valence-corrected chi connectivity index (χ3v) is 4.32. The molecule has 5 heteroatoms. The van der Waals surface area contributed by atoms with Crippen LogP contribution in [0, 0.1) is 11.3 Å². The molecule has 5 nitrogen and oxygen atoms in total. The van der Waals surface area contributed by atoms with Crippen molar-refractivity contribution >= 4 is 16.8 Å². The minimum Gasteiger partial charge on any atom is -0.349 e. The van der Waals surface area contributed by atoms with Crippen molar-refractivity contribution in [3.63, 3.8) is 0 Å². The molecule has 2 aromatic heterocycles. The Morgan fingerprint density at radius 2 is 1.88 bits per heavy atom. The van der Waals surface area contributed by atoms with Gasteiger partial charge >= 0.3 is 0 Å². The number of nitrogens with zero attached hydrogens (tertiary/aromatic N) is 3. The van der Waals surface area contributed by atoms with E-state index in [0.717, 1.165) is 16.6 Å². The molecule has 0 aliphatic carbocycles. The summed E-state index contributed by atoms with van der Waals surface area (Å²) in [6.45, 7) is 0.677. The molecule has 0 aliphatic heterocycles. The van der Waals surface area contributed by atoms with Gasteiger partial charge in [-0.25, -0.2) is 4.98 Å². The highest BCUT2D eigenvalue weighted by molar-refractivity contribution is 6.02. The molecule has 0 spiro atoms. The number of benzene rings is 2. The van der Waals surface area contributed by atoms with Gasteiger partial charge in [0.05, 0.1) is 17.1 Å². The number of nitrogens with one attached hydrogen (secondary N) is 1. The number of carbonyl (C=O) groups excluding carboxylic acids is 1. The Hall–Kier alpha value is -3.65. The number of hydrogen-bond donors (Lipinski definition) is 1. The fourth-order valence-electron chi connectivity index (χ4n) is 3.00. The van der Waals surface area contributed by atoms with Crippen molar-refractivity contribution in [1.29, 1.82) is 5.26 Å². The lowest BCUT2D eigenvalue weighted by atomic mass is 10.0. The van der Waals surface area contributed by atoms with Gasteiger partial charge < -0.3 is 9.55 Å². The maximum atomic E-state index is 12.8. The van der Waals surface area contributed by atoms with Crippen LogP contribution in [0.15, 0.2) is 73.1 Å². The Morgan fingerprint density at radius 1 is 1.12 bits per heavy atom. The van der Waals surface area contributed by atoms with Crippen LogP contribution in [0.1, 0.15) is 27.7 Å². The van der Waals surface area contributed by atoms with Crippen molar-refractivity contribution in [3.05, 3.63) is 90.0 Å². The first-order chi connectivity index (χ1) is 12.7. The lowest BCUT2D eigenvalue weighted by Crippen LogP contribution is -2.12. The van der Waals surface area contributed by atoms with E-state index in [2.05, 4.69) is 16.0 Å². The number of imidazole rings is 1. The highest BCUT2D eigenvalue weighted by Gasteiger charge is 2.25. The molecule has 0 saturated carbocycles. The first-order valence-corrected chi connectivity index (χ1v) is 8.33. The van der Waals surface area contributed by atoms with E-state index >= 15 is 0 Å². The van der Waals surface area contributed by atoms with Crippen molar-refractivity contribution < 1.29 is 4.79 Å². The Morgan fingerprint density at radius 3 is 2.65 bits per heavy atom. The highest BCUT2D eigenvalue weighted by Crippen LogP contribution is 2.21. The van der Waals surface area contributed by atoms with Crippen molar-refractivity contribution in [3.8, 4) is 6.07 Å². The summed E-state index contributed by atoms with van der Waals surface area (Å²) in [5.41, 5.74) is 3.22. The number of aromatic amines is 1. The van der Waals surface area contributed by atoms with Crippen molar-refractivity contribution in [2.24, 2.45) is 0 Å². The molecule has 2 aromatic carbocycles. The summed E-state index contributed by atoms with van der Waals surface area (Å²) in [4.78, 5) is 20.3. The summed E-state index contributed by atoms with van der Waals surface area (Å²) in [6.07, 6.45) is 3.63. The molecule has 0 radical (unpaired) electrons. The number of para-hydroxylation sites is 2. The quantitative estimate of drug-likeness (QED) is 0.560. The van der Waals surface area contributed by atoms with Crippen LogP contribution in [0.25, 0.3) is 11.0 Å². The third-order valence-electron chi connectivity index (χ3n) is 4.32. The molecule has 0 unspecified atom stereocenters. The second kappa shape index (κ2) is 6.69. The summed E-state index contributed by atoms with van der Waals surface area (Å²) in [5, 5.41) is 9.54. The molecule has 0 saturated heterocycles. The van der Waals surface area contributed by atoms with Gasteiger partial charge in [-0.05, 0) is 23.8 Å². The van der Waals surface area contributed by atoms with Crippen LogP contribution in [0.2, 0.25) is 0 Å². The first-order valence-electron chi connectivity index (χ1n) is 8.33. The number of rotatable bonds is 5. The van der Waals surface area contributed by atoms with Crippen LogP contribution in [0.5, 0.6) is 0 Å². The van der Waals surface area contributed by atoms with Crippen LogP contribution in [0.3, 0.4) is 0 Å². The molecule has 4 rings (SSSR count). The SMILES string of the molecule is N#C[C@@H](C(=O)c1ccn(Cc2ccccc2)c1)c1nc2ccccc2[nH]1. The van der Waals surface area contributed by atoms with E-state index in [4.69, 9.17) is 0 Å². The van der Waals surface area contributed by atoms with Gasteiger partial charge in [-0.2, -0.15) is 5.26 Å². The monoisotopic (exact) mass is 340 g/mol. The number of ketones is 1. The number of aromatic nitrogens is 3. The minimum atomic E-state index is -0.949. The Labute approximate surface area is 150 Å². The van der Waals surface area contributed by atoms with E-state index < -0.39 is 5.92 Å². The van der Waals surface area contributed by atoms with E-state index in [1.165, 1.54) is 0 Å². The van der Waals surface area contributed by atoms with Crippen LogP contribution in [-0.4, -0.2) is 20.3 Å². The fourth-order valence-corrected chi connectivity index (χ4v) is 3.00. The van der Waals surface area contributed by atoms with E-state index in [1.807, 2.05) is 65.4 Å². The van der Waals surface area contributed by atoms with Gasteiger partial charge in [-0.15, -0.1) is 0 Å². The van der Waals surface area contributed by atoms with E-state index in [9.17, 15) is 10.1 Å². The number of carbonyl (C=O) groups is 1. The van der Waals surface area contributed by atoms with Gasteiger partial charge in [0, 0.05) is 24.5 Å². The Bertz CT molecular complexity index is 1070. The molecule has 0 amide bonds. The molecular formula is C21H16N4O. The summed E-state index contributed by atoms with van der Waals surface area (Å²) >= 11 is 0. The van der Waals surface area contributed by atoms with Crippen LogP contribution < -0.4 is 0 Å². The van der Waals surface area contributed by atoms with Crippen molar-refractivity contribution in [1.82, 2.24) is 14.5 Å². The zero-order valence-electron chi connectivity index (χ0n) is 14.0. The van der Waals surface area contributed by atoms with Crippen molar-refractivity contribution in [2.75, 3.05) is 0 Å². The number of Topliss-reactive ketones (excluding diaryl/α,β-unsaturated/α-hetero) is 1. The Kier molecular flexibility index (Phi) is 4.08. The second-order valence-electron chi connectivity index (χ2n) is 6.12. The summed E-state index contributed by atoms with van der Waals surface area (Å²) < 4.78 is 1.94.